The molecule has 1 amide bonds. The van der Waals surface area contributed by atoms with Gasteiger partial charge in [-0.1, -0.05) is 18.2 Å². The minimum Gasteiger partial charge on any atom is -0.487 e. The van der Waals surface area contributed by atoms with Crippen LogP contribution in [0.5, 0.6) is 5.75 Å². The molecule has 3 aliphatic rings. The third-order valence-corrected chi connectivity index (χ3v) is 5.81. The molecular weight excluding hydrogens is 316 g/mol. The van der Waals surface area contributed by atoms with Gasteiger partial charge in [0.2, 0.25) is 5.91 Å². The highest BCUT2D eigenvalue weighted by atomic mass is 16.5. The van der Waals surface area contributed by atoms with Gasteiger partial charge in [0, 0.05) is 32.0 Å². The highest BCUT2D eigenvalue weighted by Gasteiger charge is 2.42. The van der Waals surface area contributed by atoms with Crippen molar-refractivity contribution in [2.75, 3.05) is 39.4 Å². The molecule has 5 heteroatoms. The molecule has 5 nitrogen and oxygen atoms in total. The average molecular weight is 344 g/mol. The molecule has 2 fully saturated rings. The summed E-state index contributed by atoms with van der Waals surface area (Å²) in [4.78, 5) is 14.9. The summed E-state index contributed by atoms with van der Waals surface area (Å²) in [6.45, 7) is 4.95. The number of benzene rings is 1. The second-order valence-electron chi connectivity index (χ2n) is 7.52. The van der Waals surface area contributed by atoms with Crippen molar-refractivity contribution in [1.82, 2.24) is 10.2 Å². The number of nitrogens with one attached hydrogen (secondary N) is 1. The number of hydrogen-bond donors (Lipinski definition) is 1. The van der Waals surface area contributed by atoms with Gasteiger partial charge >= 0.3 is 0 Å². The fourth-order valence-electron chi connectivity index (χ4n) is 4.45. The maximum atomic E-state index is 12.9. The lowest BCUT2D eigenvalue weighted by molar-refractivity contribution is -0.132. The quantitative estimate of drug-likeness (QED) is 0.894. The first-order valence-corrected chi connectivity index (χ1v) is 9.60. The minimum atomic E-state index is -0.105. The predicted molar refractivity (Wildman–Crippen MR) is 95.9 cm³/mol. The van der Waals surface area contributed by atoms with Gasteiger partial charge in [-0.2, -0.15) is 0 Å². The molecule has 0 saturated carbocycles. The Morgan fingerprint density at radius 3 is 2.92 bits per heavy atom. The normalized spacial score (nSPS) is 25.8. The molecule has 1 aromatic rings. The first kappa shape index (κ1) is 16.9. The molecule has 1 N–H and O–H groups in total. The summed E-state index contributed by atoms with van der Waals surface area (Å²) in [5.41, 5.74) is 1.10. The number of rotatable bonds is 2. The van der Waals surface area contributed by atoms with Gasteiger partial charge in [0.15, 0.2) is 0 Å². The highest BCUT2D eigenvalue weighted by molar-refractivity contribution is 5.77. The van der Waals surface area contributed by atoms with E-state index in [9.17, 15) is 4.79 Å². The third kappa shape index (κ3) is 3.67. The minimum absolute atomic E-state index is 0.105. The van der Waals surface area contributed by atoms with E-state index in [4.69, 9.17) is 9.47 Å². The van der Waals surface area contributed by atoms with E-state index in [2.05, 4.69) is 23.5 Å². The summed E-state index contributed by atoms with van der Waals surface area (Å²) in [6, 6.07) is 8.28. The van der Waals surface area contributed by atoms with Crippen LogP contribution in [0.3, 0.4) is 0 Å². The van der Waals surface area contributed by atoms with E-state index in [1.807, 2.05) is 11.0 Å². The lowest BCUT2D eigenvalue weighted by Gasteiger charge is -2.45. The number of amides is 1. The topological polar surface area (TPSA) is 50.8 Å². The summed E-state index contributed by atoms with van der Waals surface area (Å²) in [5, 5.41) is 3.43. The monoisotopic (exact) mass is 344 g/mol. The number of piperidine rings is 1. The van der Waals surface area contributed by atoms with Crippen molar-refractivity contribution in [1.29, 1.82) is 0 Å². The zero-order valence-electron chi connectivity index (χ0n) is 14.8. The number of para-hydroxylation sites is 1. The maximum Gasteiger partial charge on any atom is 0.223 e. The van der Waals surface area contributed by atoms with Crippen LogP contribution in [0.4, 0.5) is 0 Å². The predicted octanol–water partition coefficient (Wildman–Crippen LogP) is 2.31. The Balaban J connectivity index is 1.53. The van der Waals surface area contributed by atoms with Crippen LogP contribution in [-0.4, -0.2) is 55.8 Å². The van der Waals surface area contributed by atoms with Gasteiger partial charge in [0.25, 0.3) is 0 Å². The summed E-state index contributed by atoms with van der Waals surface area (Å²) >= 11 is 0. The highest BCUT2D eigenvalue weighted by Crippen LogP contribution is 2.45. The molecule has 3 aliphatic heterocycles. The molecular formula is C20H28N2O3. The number of carbonyl (C=O) groups excluding carboxylic acids is 1. The van der Waals surface area contributed by atoms with E-state index in [1.165, 1.54) is 5.56 Å². The molecule has 1 unspecified atom stereocenters. The van der Waals surface area contributed by atoms with Gasteiger partial charge in [0.05, 0.1) is 6.61 Å². The number of hydrogen-bond acceptors (Lipinski definition) is 4. The van der Waals surface area contributed by atoms with Crippen molar-refractivity contribution in [2.45, 2.75) is 43.6 Å². The molecule has 25 heavy (non-hydrogen) atoms. The molecule has 0 bridgehead atoms. The van der Waals surface area contributed by atoms with E-state index >= 15 is 0 Å². The van der Waals surface area contributed by atoms with E-state index in [0.717, 1.165) is 64.2 Å². The van der Waals surface area contributed by atoms with Crippen LogP contribution in [0, 0.1) is 0 Å². The Morgan fingerprint density at radius 1 is 1.20 bits per heavy atom. The second kappa shape index (κ2) is 7.34. The lowest BCUT2D eigenvalue weighted by Crippen LogP contribution is -2.49. The summed E-state index contributed by atoms with van der Waals surface area (Å²) in [5.74, 6) is 1.49. The number of fused-ring (bicyclic) bond motifs is 1. The van der Waals surface area contributed by atoms with Crippen molar-refractivity contribution in [3.05, 3.63) is 29.8 Å². The molecule has 0 aliphatic carbocycles. The Labute approximate surface area is 149 Å². The summed E-state index contributed by atoms with van der Waals surface area (Å²) < 4.78 is 11.9. The first-order chi connectivity index (χ1) is 12.3. The average Bonchev–Trinajstić information content (AvgIpc) is 2.92. The van der Waals surface area contributed by atoms with E-state index in [-0.39, 0.29) is 17.4 Å². The molecule has 3 heterocycles. The molecule has 0 radical (unpaired) electrons. The van der Waals surface area contributed by atoms with Crippen LogP contribution in [0.2, 0.25) is 0 Å². The smallest absolute Gasteiger partial charge is 0.223 e. The van der Waals surface area contributed by atoms with Crippen molar-refractivity contribution >= 4 is 5.91 Å². The number of ether oxygens (including phenoxy) is 2. The zero-order chi connectivity index (χ0) is 17.1. The molecule has 2 saturated heterocycles. The van der Waals surface area contributed by atoms with Crippen molar-refractivity contribution < 1.29 is 14.3 Å². The summed E-state index contributed by atoms with van der Waals surface area (Å²) in [7, 11) is 0. The first-order valence-electron chi connectivity index (χ1n) is 9.60. The van der Waals surface area contributed by atoms with Gasteiger partial charge in [-0.15, -0.1) is 0 Å². The van der Waals surface area contributed by atoms with E-state index in [1.54, 1.807) is 0 Å². The fourth-order valence-corrected chi connectivity index (χ4v) is 4.45. The lowest BCUT2D eigenvalue weighted by atomic mass is 9.76. The number of nitrogens with zero attached hydrogens (tertiary/aromatic N) is 1. The second-order valence-corrected chi connectivity index (χ2v) is 7.52. The van der Waals surface area contributed by atoms with E-state index < -0.39 is 0 Å². The van der Waals surface area contributed by atoms with Crippen LogP contribution in [-0.2, 0) is 9.53 Å². The van der Waals surface area contributed by atoms with Crippen molar-refractivity contribution in [3.8, 4) is 5.75 Å². The van der Waals surface area contributed by atoms with Crippen LogP contribution in [0.1, 0.15) is 43.6 Å². The zero-order valence-corrected chi connectivity index (χ0v) is 14.8. The third-order valence-electron chi connectivity index (χ3n) is 5.81. The van der Waals surface area contributed by atoms with Gasteiger partial charge < -0.3 is 19.7 Å². The van der Waals surface area contributed by atoms with Crippen molar-refractivity contribution in [2.24, 2.45) is 0 Å². The van der Waals surface area contributed by atoms with Gasteiger partial charge in [-0.25, -0.2) is 0 Å². The largest absolute Gasteiger partial charge is 0.487 e. The maximum absolute atomic E-state index is 12.9. The molecule has 1 spiro atoms. The van der Waals surface area contributed by atoms with Gasteiger partial charge in [-0.3, -0.25) is 4.79 Å². The standard InChI is InChI=1S/C20H28N2O3/c23-19(22-10-3-12-24-13-11-22)14-16-15-20(6-8-21-9-7-20)25-18-5-2-1-4-17(16)18/h1-2,4-5,16,21H,3,6-15H2. The molecule has 1 aromatic carbocycles. The van der Waals surface area contributed by atoms with Crippen LogP contribution < -0.4 is 10.1 Å². The summed E-state index contributed by atoms with van der Waals surface area (Å²) in [6.07, 6.45) is 4.50. The molecule has 0 aromatic heterocycles. The molecule has 1 atom stereocenters. The molecule has 4 rings (SSSR count). The van der Waals surface area contributed by atoms with Crippen LogP contribution in [0.15, 0.2) is 24.3 Å². The Kier molecular flexibility index (Phi) is 4.95. The van der Waals surface area contributed by atoms with Crippen molar-refractivity contribution in [3.63, 3.8) is 0 Å². The van der Waals surface area contributed by atoms with Gasteiger partial charge in [0.1, 0.15) is 11.4 Å². The van der Waals surface area contributed by atoms with Crippen LogP contribution >= 0.6 is 0 Å². The van der Waals surface area contributed by atoms with Crippen LogP contribution in [0.25, 0.3) is 0 Å². The Morgan fingerprint density at radius 2 is 2.04 bits per heavy atom. The molecule has 136 valence electrons. The Hall–Kier alpha value is -1.59. The number of carbonyl (C=O) groups is 1. The Bertz CT molecular complexity index is 605. The van der Waals surface area contributed by atoms with E-state index in [0.29, 0.717) is 13.0 Å². The fraction of sp³-hybridized carbons (Fsp3) is 0.650. The van der Waals surface area contributed by atoms with Gasteiger partial charge in [-0.05, 0) is 50.4 Å². The SMILES string of the molecule is O=C(CC1CC2(CCNCC2)Oc2ccccc21)N1CCCOCC1.